The summed E-state index contributed by atoms with van der Waals surface area (Å²) in [7, 11) is -3.54. The highest BCUT2D eigenvalue weighted by molar-refractivity contribution is 7.86. The lowest BCUT2D eigenvalue weighted by molar-refractivity contribution is -0.148. The van der Waals surface area contributed by atoms with Crippen LogP contribution in [0.1, 0.15) is 46.5 Å². The fourth-order valence-electron chi connectivity index (χ4n) is 2.65. The van der Waals surface area contributed by atoms with Gasteiger partial charge in [-0.05, 0) is 25.7 Å². The summed E-state index contributed by atoms with van der Waals surface area (Å²) in [5.74, 6) is -0.893. The fraction of sp³-hybridized carbons (Fsp3) is 0.923. The highest BCUT2D eigenvalue weighted by atomic mass is 32.2. The van der Waals surface area contributed by atoms with Crippen LogP contribution in [0, 0.1) is 5.41 Å². The van der Waals surface area contributed by atoms with E-state index in [4.69, 9.17) is 0 Å². The quantitative estimate of drug-likeness (QED) is 0.738. The molecule has 1 aliphatic rings. The number of rotatable bonds is 8. The van der Waals surface area contributed by atoms with Crippen LogP contribution < -0.4 is 0 Å². The lowest BCUT2D eigenvalue weighted by atomic mass is 9.85. The molecule has 1 heterocycles. The molecule has 0 bridgehead atoms. The third kappa shape index (κ3) is 3.32. The van der Waals surface area contributed by atoms with Crippen molar-refractivity contribution in [3.05, 3.63) is 0 Å². The van der Waals surface area contributed by atoms with Gasteiger partial charge in [-0.15, -0.1) is 0 Å². The first-order valence-corrected chi connectivity index (χ1v) is 8.72. The van der Waals surface area contributed by atoms with Crippen LogP contribution in [0.5, 0.6) is 0 Å². The molecule has 0 radical (unpaired) electrons. The lowest BCUT2D eigenvalue weighted by Gasteiger charge is -2.28. The van der Waals surface area contributed by atoms with Crippen LogP contribution in [0.4, 0.5) is 0 Å². The van der Waals surface area contributed by atoms with E-state index in [9.17, 15) is 18.3 Å². The molecule has 1 N–H and O–H groups in total. The molecule has 118 valence electrons. The predicted molar refractivity (Wildman–Crippen MR) is 77.6 cm³/mol. The van der Waals surface area contributed by atoms with E-state index in [-0.39, 0.29) is 6.54 Å². The summed E-state index contributed by atoms with van der Waals surface area (Å²) in [6.45, 7) is 7.04. The largest absolute Gasteiger partial charge is 0.481 e. The predicted octanol–water partition coefficient (Wildman–Crippen LogP) is 1.54. The molecule has 1 aliphatic heterocycles. The van der Waals surface area contributed by atoms with Crippen LogP contribution in [0.2, 0.25) is 0 Å². The minimum atomic E-state index is -3.54. The van der Waals surface area contributed by atoms with Gasteiger partial charge in [0, 0.05) is 26.2 Å². The molecule has 1 fully saturated rings. The number of hydrogen-bond donors (Lipinski definition) is 1. The van der Waals surface area contributed by atoms with Crippen molar-refractivity contribution < 1.29 is 18.3 Å². The molecule has 1 unspecified atom stereocenters. The number of carboxylic acid groups (broad SMARTS) is 1. The first kappa shape index (κ1) is 17.4. The zero-order chi connectivity index (χ0) is 15.4. The normalized spacial score (nSPS) is 24.4. The summed E-state index contributed by atoms with van der Waals surface area (Å²) in [6, 6.07) is 0. The van der Waals surface area contributed by atoms with Crippen LogP contribution in [-0.4, -0.2) is 54.3 Å². The Hall–Kier alpha value is -0.660. The Balaban J connectivity index is 2.92. The smallest absolute Gasteiger partial charge is 0.311 e. The van der Waals surface area contributed by atoms with Crippen molar-refractivity contribution in [2.75, 3.05) is 26.2 Å². The fourth-order valence-corrected chi connectivity index (χ4v) is 4.54. The highest BCUT2D eigenvalue weighted by Gasteiger charge is 2.47. The summed E-state index contributed by atoms with van der Waals surface area (Å²) in [4.78, 5) is 11.4. The van der Waals surface area contributed by atoms with E-state index >= 15 is 0 Å². The molecule has 0 amide bonds. The third-order valence-electron chi connectivity index (χ3n) is 4.05. The monoisotopic (exact) mass is 306 g/mol. The van der Waals surface area contributed by atoms with E-state index in [1.54, 1.807) is 6.92 Å². The van der Waals surface area contributed by atoms with E-state index in [2.05, 4.69) is 0 Å². The van der Waals surface area contributed by atoms with Gasteiger partial charge in [0.25, 0.3) is 10.2 Å². The van der Waals surface area contributed by atoms with Crippen molar-refractivity contribution in [1.29, 1.82) is 0 Å². The Morgan fingerprint density at radius 3 is 2.15 bits per heavy atom. The third-order valence-corrected chi connectivity index (χ3v) is 6.03. The molecule has 6 nitrogen and oxygen atoms in total. The number of nitrogens with zero attached hydrogens (tertiary/aromatic N) is 2. The first-order valence-electron chi connectivity index (χ1n) is 7.32. The average molecular weight is 306 g/mol. The van der Waals surface area contributed by atoms with Crippen LogP contribution in [-0.2, 0) is 15.0 Å². The summed E-state index contributed by atoms with van der Waals surface area (Å²) < 4.78 is 28.0. The van der Waals surface area contributed by atoms with Crippen LogP contribution in [0.15, 0.2) is 0 Å². The molecule has 20 heavy (non-hydrogen) atoms. The maximum Gasteiger partial charge on any atom is 0.311 e. The molecule has 0 spiro atoms. The van der Waals surface area contributed by atoms with Crippen LogP contribution >= 0.6 is 0 Å². The number of carbonyl (C=O) groups is 1. The van der Waals surface area contributed by atoms with Gasteiger partial charge in [-0.1, -0.05) is 20.8 Å². The van der Waals surface area contributed by atoms with Gasteiger partial charge in [-0.25, -0.2) is 0 Å². The Morgan fingerprint density at radius 1 is 1.25 bits per heavy atom. The summed E-state index contributed by atoms with van der Waals surface area (Å²) in [6.07, 6.45) is 2.36. The Labute approximate surface area is 121 Å². The van der Waals surface area contributed by atoms with E-state index in [1.165, 1.54) is 8.61 Å². The van der Waals surface area contributed by atoms with Gasteiger partial charge in [0.05, 0.1) is 5.41 Å². The van der Waals surface area contributed by atoms with Crippen molar-refractivity contribution >= 4 is 16.2 Å². The second-order valence-corrected chi connectivity index (χ2v) is 7.36. The Morgan fingerprint density at radius 2 is 1.80 bits per heavy atom. The average Bonchev–Trinajstić information content (AvgIpc) is 2.85. The van der Waals surface area contributed by atoms with Gasteiger partial charge < -0.3 is 5.11 Å². The van der Waals surface area contributed by atoms with E-state index in [0.29, 0.717) is 32.5 Å². The molecule has 0 saturated carbocycles. The van der Waals surface area contributed by atoms with Gasteiger partial charge in [0.15, 0.2) is 0 Å². The highest BCUT2D eigenvalue weighted by Crippen LogP contribution is 2.36. The minimum absolute atomic E-state index is 0.0884. The Kier molecular flexibility index (Phi) is 5.97. The molecule has 1 rings (SSSR count). The van der Waals surface area contributed by atoms with E-state index < -0.39 is 21.6 Å². The maximum atomic E-state index is 12.6. The number of aliphatic carboxylic acids is 1. The number of carboxylic acids is 1. The molecular formula is C13H26N2O4S. The Bertz CT molecular complexity index is 432. The van der Waals surface area contributed by atoms with Crippen LogP contribution in [0.25, 0.3) is 0 Å². The molecule has 1 atom stereocenters. The van der Waals surface area contributed by atoms with Gasteiger partial charge in [-0.2, -0.15) is 17.0 Å². The van der Waals surface area contributed by atoms with E-state index in [1.807, 2.05) is 13.8 Å². The van der Waals surface area contributed by atoms with Gasteiger partial charge in [0.1, 0.15) is 0 Å². The van der Waals surface area contributed by atoms with Crippen molar-refractivity contribution in [2.45, 2.75) is 46.5 Å². The topological polar surface area (TPSA) is 77.9 Å². The lowest BCUT2D eigenvalue weighted by Crippen LogP contribution is -2.45. The van der Waals surface area contributed by atoms with Crippen molar-refractivity contribution in [3.63, 3.8) is 0 Å². The maximum absolute atomic E-state index is 12.6. The summed E-state index contributed by atoms with van der Waals surface area (Å²) >= 11 is 0. The van der Waals surface area contributed by atoms with E-state index in [0.717, 1.165) is 12.8 Å². The molecule has 0 aliphatic carbocycles. The molecular weight excluding hydrogens is 280 g/mol. The standard InChI is InChI=1S/C13H26N2O4S/c1-4-8-14(9-5-2)20(18,19)15-10-7-13(6-3,11-15)12(16)17/h4-11H2,1-3H3,(H,16,17). The molecule has 1 saturated heterocycles. The number of hydrogen-bond acceptors (Lipinski definition) is 3. The summed E-state index contributed by atoms with van der Waals surface area (Å²) in [5.41, 5.74) is -0.919. The zero-order valence-electron chi connectivity index (χ0n) is 12.6. The second-order valence-electron chi connectivity index (χ2n) is 5.43. The molecule has 0 aromatic heterocycles. The SMILES string of the molecule is CCCN(CCC)S(=O)(=O)N1CCC(CC)(C(=O)O)C1. The van der Waals surface area contributed by atoms with Gasteiger partial charge in [0.2, 0.25) is 0 Å². The first-order chi connectivity index (χ1) is 9.34. The molecule has 0 aromatic carbocycles. The van der Waals surface area contributed by atoms with Gasteiger partial charge in [-0.3, -0.25) is 4.79 Å². The molecule has 0 aromatic rings. The second kappa shape index (κ2) is 6.87. The van der Waals surface area contributed by atoms with Crippen molar-refractivity contribution in [3.8, 4) is 0 Å². The van der Waals surface area contributed by atoms with Crippen molar-refractivity contribution in [1.82, 2.24) is 8.61 Å². The van der Waals surface area contributed by atoms with Crippen LogP contribution in [0.3, 0.4) is 0 Å². The minimum Gasteiger partial charge on any atom is -0.481 e. The van der Waals surface area contributed by atoms with Crippen molar-refractivity contribution in [2.24, 2.45) is 5.41 Å². The van der Waals surface area contributed by atoms with Gasteiger partial charge >= 0.3 is 5.97 Å². The molecule has 7 heteroatoms. The zero-order valence-corrected chi connectivity index (χ0v) is 13.4. The summed E-state index contributed by atoms with van der Waals surface area (Å²) in [5, 5.41) is 9.36.